The average Bonchev–Trinajstić information content (AvgIpc) is 2.46. The molecule has 2 rings (SSSR count). The van der Waals surface area contributed by atoms with Crippen molar-refractivity contribution < 1.29 is 19.4 Å². The topological polar surface area (TPSA) is 67.8 Å². The highest BCUT2D eigenvalue weighted by atomic mass is 16.6. The largest absolute Gasteiger partial charge is 0.486 e. The summed E-state index contributed by atoms with van der Waals surface area (Å²) >= 11 is 0. The van der Waals surface area contributed by atoms with Crippen LogP contribution in [0.1, 0.15) is 30.6 Å². The molecule has 1 aromatic rings. The van der Waals surface area contributed by atoms with Gasteiger partial charge in [0.2, 0.25) is 0 Å². The van der Waals surface area contributed by atoms with E-state index in [4.69, 9.17) is 9.47 Å². The second-order valence-corrected chi connectivity index (χ2v) is 4.86. The molecule has 1 atom stereocenters. The molecule has 104 valence electrons. The summed E-state index contributed by atoms with van der Waals surface area (Å²) < 4.78 is 11.0. The number of rotatable bonds is 4. The van der Waals surface area contributed by atoms with E-state index in [-0.39, 0.29) is 12.5 Å². The van der Waals surface area contributed by atoms with Gasteiger partial charge in [0.15, 0.2) is 11.5 Å². The van der Waals surface area contributed by atoms with Crippen molar-refractivity contribution in [3.63, 3.8) is 0 Å². The minimum atomic E-state index is -0.630. The number of carbonyl (C=O) groups is 1. The molecule has 2 N–H and O–H groups in total. The van der Waals surface area contributed by atoms with Gasteiger partial charge < -0.3 is 19.9 Å². The summed E-state index contributed by atoms with van der Waals surface area (Å²) in [5.74, 6) is 0.796. The van der Waals surface area contributed by atoms with Crippen LogP contribution in [0.15, 0.2) is 18.2 Å². The van der Waals surface area contributed by atoms with Crippen molar-refractivity contribution in [3.05, 3.63) is 23.8 Å². The van der Waals surface area contributed by atoms with E-state index in [0.29, 0.717) is 36.7 Å². The summed E-state index contributed by atoms with van der Waals surface area (Å²) in [6.07, 6.45) is 0.640. The highest BCUT2D eigenvalue weighted by Crippen LogP contribution is 2.33. The third-order valence-electron chi connectivity index (χ3n) is 3.36. The lowest BCUT2D eigenvalue weighted by Crippen LogP contribution is -2.48. The molecule has 0 radical (unpaired) electrons. The second kappa shape index (κ2) is 5.48. The van der Waals surface area contributed by atoms with Crippen LogP contribution in [-0.2, 0) is 0 Å². The van der Waals surface area contributed by atoms with Gasteiger partial charge in [-0.15, -0.1) is 0 Å². The molecule has 0 saturated heterocycles. The molecule has 0 aromatic heterocycles. The maximum Gasteiger partial charge on any atom is 0.255 e. The monoisotopic (exact) mass is 265 g/mol. The molecule has 1 aliphatic rings. The zero-order chi connectivity index (χ0) is 13.9. The molecule has 1 aliphatic heterocycles. The van der Waals surface area contributed by atoms with Crippen LogP contribution in [0.3, 0.4) is 0 Å². The lowest BCUT2D eigenvalue weighted by molar-refractivity contribution is 0.0837. The Morgan fingerprint density at radius 2 is 2.16 bits per heavy atom. The zero-order valence-corrected chi connectivity index (χ0v) is 11.2. The van der Waals surface area contributed by atoms with Crippen molar-refractivity contribution in [2.45, 2.75) is 25.8 Å². The first-order valence-corrected chi connectivity index (χ1v) is 6.41. The molecule has 1 heterocycles. The number of nitrogens with one attached hydrogen (secondary N) is 1. The average molecular weight is 265 g/mol. The van der Waals surface area contributed by atoms with E-state index in [9.17, 15) is 9.90 Å². The fraction of sp³-hybridized carbons (Fsp3) is 0.500. The number of amides is 1. The number of fused-ring (bicyclic) bond motifs is 1. The van der Waals surface area contributed by atoms with E-state index >= 15 is 0 Å². The fourth-order valence-electron chi connectivity index (χ4n) is 1.83. The summed E-state index contributed by atoms with van der Waals surface area (Å²) in [6.45, 7) is 4.53. The van der Waals surface area contributed by atoms with Crippen LogP contribution in [0.4, 0.5) is 0 Å². The van der Waals surface area contributed by atoms with Gasteiger partial charge in [0.25, 0.3) is 5.91 Å². The van der Waals surface area contributed by atoms with Crippen LogP contribution in [0, 0.1) is 0 Å². The Morgan fingerprint density at radius 1 is 1.42 bits per heavy atom. The van der Waals surface area contributed by atoms with Gasteiger partial charge in [0, 0.05) is 0 Å². The number of ether oxygens (including phenoxy) is 2. The number of hydrogen-bond donors (Lipinski definition) is 2. The van der Waals surface area contributed by atoms with Gasteiger partial charge in [0.05, 0.1) is 17.7 Å². The Morgan fingerprint density at radius 3 is 2.84 bits per heavy atom. The van der Waals surface area contributed by atoms with Gasteiger partial charge >= 0.3 is 0 Å². The maximum atomic E-state index is 12.3. The molecule has 0 spiro atoms. The predicted octanol–water partition coefficient (Wildman–Crippen LogP) is 1.35. The number of hydrogen-bond acceptors (Lipinski definition) is 4. The second-order valence-electron chi connectivity index (χ2n) is 4.86. The van der Waals surface area contributed by atoms with E-state index < -0.39 is 5.54 Å². The molecular formula is C14H19NO4. The molecule has 5 heteroatoms. The van der Waals surface area contributed by atoms with E-state index in [0.717, 1.165) is 0 Å². The van der Waals surface area contributed by atoms with Crippen molar-refractivity contribution in [2.75, 3.05) is 19.8 Å². The smallest absolute Gasteiger partial charge is 0.255 e. The molecule has 1 unspecified atom stereocenters. The first kappa shape index (κ1) is 13.7. The van der Waals surface area contributed by atoms with Crippen molar-refractivity contribution in [2.24, 2.45) is 0 Å². The van der Waals surface area contributed by atoms with E-state index in [2.05, 4.69) is 5.32 Å². The molecule has 0 saturated carbocycles. The summed E-state index contributed by atoms with van der Waals surface area (Å²) in [7, 11) is 0. The molecular weight excluding hydrogens is 246 g/mol. The van der Waals surface area contributed by atoms with Crippen molar-refractivity contribution in [3.8, 4) is 11.5 Å². The summed E-state index contributed by atoms with van der Waals surface area (Å²) in [5, 5.41) is 12.2. The van der Waals surface area contributed by atoms with Gasteiger partial charge in [0.1, 0.15) is 13.2 Å². The molecule has 19 heavy (non-hydrogen) atoms. The van der Waals surface area contributed by atoms with Crippen LogP contribution >= 0.6 is 0 Å². The first-order valence-electron chi connectivity index (χ1n) is 6.41. The minimum Gasteiger partial charge on any atom is -0.486 e. The van der Waals surface area contributed by atoms with Crippen molar-refractivity contribution >= 4 is 5.91 Å². The first-order chi connectivity index (χ1) is 9.09. The van der Waals surface area contributed by atoms with E-state index in [1.165, 1.54) is 0 Å². The standard InChI is InChI=1S/C14H19NO4/c1-3-14(2,9-16)15-13(17)10-5-4-6-11-12(10)19-8-7-18-11/h4-6,16H,3,7-9H2,1-2H3,(H,15,17). The van der Waals surface area contributed by atoms with Gasteiger partial charge in [-0.25, -0.2) is 0 Å². The molecule has 0 bridgehead atoms. The molecule has 5 nitrogen and oxygen atoms in total. The normalized spacial score (nSPS) is 16.6. The molecule has 0 fully saturated rings. The SMILES string of the molecule is CCC(C)(CO)NC(=O)c1cccc2c1OCCO2. The van der Waals surface area contributed by atoms with Gasteiger partial charge in [-0.3, -0.25) is 4.79 Å². The lowest BCUT2D eigenvalue weighted by Gasteiger charge is -2.28. The fourth-order valence-corrected chi connectivity index (χ4v) is 1.83. The van der Waals surface area contributed by atoms with E-state index in [1.54, 1.807) is 25.1 Å². The Hall–Kier alpha value is -1.75. The predicted molar refractivity (Wildman–Crippen MR) is 70.7 cm³/mol. The summed E-state index contributed by atoms with van der Waals surface area (Å²) in [4.78, 5) is 12.3. The number of para-hydroxylation sites is 1. The lowest BCUT2D eigenvalue weighted by atomic mass is 9.99. The van der Waals surface area contributed by atoms with Crippen LogP contribution in [0.5, 0.6) is 11.5 Å². The minimum absolute atomic E-state index is 0.110. The van der Waals surface area contributed by atoms with Gasteiger partial charge in [-0.2, -0.15) is 0 Å². The zero-order valence-electron chi connectivity index (χ0n) is 11.2. The molecule has 1 aromatic carbocycles. The Balaban J connectivity index is 2.25. The molecule has 0 aliphatic carbocycles. The third kappa shape index (κ3) is 2.81. The summed E-state index contributed by atoms with van der Waals surface area (Å²) in [5.41, 5.74) is -0.194. The maximum absolute atomic E-state index is 12.3. The van der Waals surface area contributed by atoms with Crippen LogP contribution < -0.4 is 14.8 Å². The third-order valence-corrected chi connectivity index (χ3v) is 3.36. The Bertz CT molecular complexity index is 469. The van der Waals surface area contributed by atoms with Crippen LogP contribution in [0.2, 0.25) is 0 Å². The number of benzene rings is 1. The Kier molecular flexibility index (Phi) is 3.95. The van der Waals surface area contributed by atoms with Gasteiger partial charge in [-0.05, 0) is 25.5 Å². The number of carbonyl (C=O) groups excluding carboxylic acids is 1. The van der Waals surface area contributed by atoms with Gasteiger partial charge in [-0.1, -0.05) is 13.0 Å². The van der Waals surface area contributed by atoms with Crippen molar-refractivity contribution in [1.82, 2.24) is 5.32 Å². The van der Waals surface area contributed by atoms with E-state index in [1.807, 2.05) is 6.92 Å². The number of aliphatic hydroxyl groups excluding tert-OH is 1. The van der Waals surface area contributed by atoms with Crippen LogP contribution in [-0.4, -0.2) is 36.4 Å². The Labute approximate surface area is 112 Å². The van der Waals surface area contributed by atoms with Crippen molar-refractivity contribution in [1.29, 1.82) is 0 Å². The molecule has 1 amide bonds. The highest BCUT2D eigenvalue weighted by molar-refractivity contribution is 5.98. The highest BCUT2D eigenvalue weighted by Gasteiger charge is 2.27. The summed E-state index contributed by atoms with van der Waals surface area (Å²) in [6, 6.07) is 5.22. The quantitative estimate of drug-likeness (QED) is 0.862. The number of aliphatic hydroxyl groups is 1. The van der Waals surface area contributed by atoms with Crippen LogP contribution in [0.25, 0.3) is 0 Å².